The number of fused-ring (bicyclic) bond motifs is 1. The Kier molecular flexibility index (Phi) is 3.53. The number of pyridine rings is 1. The van der Waals surface area contributed by atoms with E-state index in [1.165, 1.54) is 12.3 Å². The molecule has 2 heterocycles. The van der Waals surface area contributed by atoms with Crippen molar-refractivity contribution >= 4 is 28.5 Å². The maximum absolute atomic E-state index is 12.7. The summed E-state index contributed by atoms with van der Waals surface area (Å²) in [6.07, 6.45) is 1.18. The van der Waals surface area contributed by atoms with Gasteiger partial charge in [-0.15, -0.1) is 0 Å². The van der Waals surface area contributed by atoms with Gasteiger partial charge in [-0.1, -0.05) is 11.6 Å². The minimum atomic E-state index is -0.624. The van der Waals surface area contributed by atoms with E-state index in [2.05, 4.69) is 20.3 Å². The maximum atomic E-state index is 12.7. The number of halogens is 2. The number of aromatic amines is 1. The molecule has 0 radical (unpaired) electrons. The summed E-state index contributed by atoms with van der Waals surface area (Å²) in [6.45, 7) is 0.225. The van der Waals surface area contributed by atoms with Gasteiger partial charge in [-0.05, 0) is 30.3 Å². The number of aromatic nitrogens is 3. The largest absolute Gasteiger partial charge is 0.345 e. The van der Waals surface area contributed by atoms with Crippen LogP contribution in [0.2, 0.25) is 5.02 Å². The molecule has 2 N–H and O–H groups in total. The number of H-pyrrole nitrogens is 1. The summed E-state index contributed by atoms with van der Waals surface area (Å²) < 4.78 is 12.7. The van der Waals surface area contributed by atoms with Gasteiger partial charge in [-0.3, -0.25) is 4.79 Å². The molecule has 0 aliphatic heterocycles. The smallest absolute Gasteiger partial charge is 0.253 e. The molecule has 21 heavy (non-hydrogen) atoms. The number of hydrogen-bond acceptors (Lipinski definition) is 3. The number of carbonyl (C=O) groups is 1. The minimum absolute atomic E-state index is 0.225. The highest BCUT2D eigenvalue weighted by Crippen LogP contribution is 2.17. The molecule has 7 heteroatoms. The van der Waals surface area contributed by atoms with Crippen LogP contribution in [0, 0.1) is 5.95 Å². The van der Waals surface area contributed by atoms with Gasteiger partial charge in [0, 0.05) is 11.2 Å². The summed E-state index contributed by atoms with van der Waals surface area (Å²) >= 11 is 5.89. The second-order valence-corrected chi connectivity index (χ2v) is 4.83. The van der Waals surface area contributed by atoms with Crippen LogP contribution in [0.3, 0.4) is 0 Å². The summed E-state index contributed by atoms with van der Waals surface area (Å²) in [7, 11) is 0. The van der Waals surface area contributed by atoms with Gasteiger partial charge in [-0.25, -0.2) is 9.97 Å². The number of carbonyl (C=O) groups excluding carboxylic acids is 1. The Labute approximate surface area is 124 Å². The molecule has 3 aromatic rings. The van der Waals surface area contributed by atoms with Crippen molar-refractivity contribution in [2.45, 2.75) is 6.54 Å². The second kappa shape index (κ2) is 5.49. The molecular weight excluding hydrogens is 295 g/mol. The number of imidazole rings is 1. The summed E-state index contributed by atoms with van der Waals surface area (Å²) in [6, 6.07) is 7.81. The van der Waals surface area contributed by atoms with Crippen molar-refractivity contribution in [3.63, 3.8) is 0 Å². The first-order valence-corrected chi connectivity index (χ1v) is 6.53. The van der Waals surface area contributed by atoms with E-state index in [-0.39, 0.29) is 18.0 Å². The van der Waals surface area contributed by atoms with Crippen LogP contribution < -0.4 is 5.32 Å². The summed E-state index contributed by atoms with van der Waals surface area (Å²) in [5.74, 6) is -0.364. The van der Waals surface area contributed by atoms with Gasteiger partial charge in [0.05, 0.1) is 23.1 Å². The normalized spacial score (nSPS) is 10.8. The van der Waals surface area contributed by atoms with Crippen LogP contribution in [0.15, 0.2) is 36.5 Å². The van der Waals surface area contributed by atoms with Crippen molar-refractivity contribution in [1.82, 2.24) is 20.3 Å². The Morgan fingerprint density at radius 1 is 1.33 bits per heavy atom. The van der Waals surface area contributed by atoms with Crippen LogP contribution in [0.25, 0.3) is 11.0 Å². The van der Waals surface area contributed by atoms with E-state index in [1.807, 2.05) is 0 Å². The van der Waals surface area contributed by atoms with Crippen molar-refractivity contribution in [3.05, 3.63) is 58.9 Å². The van der Waals surface area contributed by atoms with E-state index in [9.17, 15) is 9.18 Å². The van der Waals surface area contributed by atoms with Crippen molar-refractivity contribution in [2.75, 3.05) is 0 Å². The van der Waals surface area contributed by atoms with E-state index in [1.54, 1.807) is 18.2 Å². The molecule has 0 atom stereocenters. The predicted molar refractivity (Wildman–Crippen MR) is 76.5 cm³/mol. The van der Waals surface area contributed by atoms with Gasteiger partial charge < -0.3 is 10.3 Å². The highest BCUT2D eigenvalue weighted by Gasteiger charge is 2.08. The quantitative estimate of drug-likeness (QED) is 0.731. The van der Waals surface area contributed by atoms with Crippen molar-refractivity contribution in [1.29, 1.82) is 0 Å². The van der Waals surface area contributed by atoms with Gasteiger partial charge >= 0.3 is 0 Å². The molecule has 0 bridgehead atoms. The molecule has 2 aromatic heterocycles. The molecule has 0 aliphatic carbocycles. The molecule has 0 fully saturated rings. The molecule has 1 aromatic carbocycles. The van der Waals surface area contributed by atoms with Crippen molar-refractivity contribution in [3.8, 4) is 0 Å². The number of amides is 1. The molecular formula is C14H10ClFN4O. The van der Waals surface area contributed by atoms with Crippen LogP contribution in [-0.4, -0.2) is 20.9 Å². The number of hydrogen-bond donors (Lipinski definition) is 2. The van der Waals surface area contributed by atoms with Crippen LogP contribution in [-0.2, 0) is 6.54 Å². The SMILES string of the molecule is O=C(NCc1nc2ccc(Cl)cc2[nH]1)c1ccc(F)nc1. The molecule has 1 amide bonds. The molecule has 5 nitrogen and oxygen atoms in total. The highest BCUT2D eigenvalue weighted by molar-refractivity contribution is 6.31. The predicted octanol–water partition coefficient (Wildman–Crippen LogP) is 2.68. The Morgan fingerprint density at radius 3 is 2.95 bits per heavy atom. The first-order valence-electron chi connectivity index (χ1n) is 6.16. The van der Waals surface area contributed by atoms with Gasteiger partial charge in [0.15, 0.2) is 0 Å². The Balaban J connectivity index is 1.71. The fraction of sp³-hybridized carbons (Fsp3) is 0.0714. The maximum Gasteiger partial charge on any atom is 0.253 e. The molecule has 0 aliphatic rings. The molecule has 0 saturated carbocycles. The average Bonchev–Trinajstić information content (AvgIpc) is 2.87. The lowest BCUT2D eigenvalue weighted by Gasteiger charge is -2.02. The van der Waals surface area contributed by atoms with Crippen LogP contribution in [0.4, 0.5) is 4.39 Å². The van der Waals surface area contributed by atoms with Crippen LogP contribution in [0.1, 0.15) is 16.2 Å². The minimum Gasteiger partial charge on any atom is -0.345 e. The zero-order chi connectivity index (χ0) is 14.8. The Morgan fingerprint density at radius 2 is 2.19 bits per heavy atom. The van der Waals surface area contributed by atoms with E-state index < -0.39 is 5.95 Å². The van der Waals surface area contributed by atoms with E-state index >= 15 is 0 Å². The lowest BCUT2D eigenvalue weighted by atomic mass is 10.2. The fourth-order valence-electron chi connectivity index (χ4n) is 1.89. The standard InChI is InChI=1S/C14H10ClFN4O/c15-9-2-3-10-11(5-9)20-13(19-10)7-18-14(21)8-1-4-12(16)17-6-8/h1-6H,7H2,(H,18,21)(H,19,20). The van der Waals surface area contributed by atoms with E-state index in [4.69, 9.17) is 11.6 Å². The number of nitrogens with one attached hydrogen (secondary N) is 2. The number of nitrogens with zero attached hydrogens (tertiary/aromatic N) is 2. The third-order valence-electron chi connectivity index (χ3n) is 2.90. The first-order chi connectivity index (χ1) is 10.1. The zero-order valence-electron chi connectivity index (χ0n) is 10.7. The monoisotopic (exact) mass is 304 g/mol. The topological polar surface area (TPSA) is 70.7 Å². The van der Waals surface area contributed by atoms with Gasteiger partial charge in [0.2, 0.25) is 5.95 Å². The molecule has 106 valence electrons. The van der Waals surface area contributed by atoms with Gasteiger partial charge in [0.1, 0.15) is 5.82 Å². The van der Waals surface area contributed by atoms with Gasteiger partial charge in [0.25, 0.3) is 5.91 Å². The van der Waals surface area contributed by atoms with Crippen molar-refractivity contribution in [2.24, 2.45) is 0 Å². The zero-order valence-corrected chi connectivity index (χ0v) is 11.5. The highest BCUT2D eigenvalue weighted by atomic mass is 35.5. The first kappa shape index (κ1) is 13.5. The number of rotatable bonds is 3. The lowest BCUT2D eigenvalue weighted by molar-refractivity contribution is 0.0949. The molecule has 0 saturated heterocycles. The van der Waals surface area contributed by atoms with Crippen LogP contribution >= 0.6 is 11.6 Å². The summed E-state index contributed by atoms with van der Waals surface area (Å²) in [4.78, 5) is 22.7. The average molecular weight is 305 g/mol. The second-order valence-electron chi connectivity index (χ2n) is 4.40. The number of benzene rings is 1. The summed E-state index contributed by atoms with van der Waals surface area (Å²) in [5, 5.41) is 3.29. The molecule has 3 rings (SSSR count). The lowest BCUT2D eigenvalue weighted by Crippen LogP contribution is -2.23. The van der Waals surface area contributed by atoms with Gasteiger partial charge in [-0.2, -0.15) is 4.39 Å². The third-order valence-corrected chi connectivity index (χ3v) is 3.13. The Bertz CT molecular complexity index is 800. The fourth-order valence-corrected chi connectivity index (χ4v) is 2.07. The molecule has 0 spiro atoms. The van der Waals surface area contributed by atoms with Crippen molar-refractivity contribution < 1.29 is 9.18 Å². The summed E-state index contributed by atoms with van der Waals surface area (Å²) in [5.41, 5.74) is 1.86. The van der Waals surface area contributed by atoms with E-state index in [0.717, 1.165) is 17.1 Å². The molecule has 0 unspecified atom stereocenters. The third kappa shape index (κ3) is 3.00. The van der Waals surface area contributed by atoms with Crippen LogP contribution in [0.5, 0.6) is 0 Å². The van der Waals surface area contributed by atoms with E-state index in [0.29, 0.717) is 10.8 Å². The Hall–Kier alpha value is -2.47.